The maximum Gasteiger partial charge on any atom is 0.267 e. The number of fused-ring (bicyclic) bond motifs is 3. The number of nitrogens with zero attached hydrogens (tertiary/aromatic N) is 3. The fourth-order valence-electron chi connectivity index (χ4n) is 4.32. The predicted octanol–water partition coefficient (Wildman–Crippen LogP) is 4.96. The molecule has 0 bridgehead atoms. The second kappa shape index (κ2) is 9.27. The quantitative estimate of drug-likeness (QED) is 0.292. The van der Waals surface area contributed by atoms with Crippen LogP contribution in [0.3, 0.4) is 0 Å². The SMILES string of the molecule is COc1cccc(-n2c(SCc3cccc(C)c3)nc3sc4c(c3c2=O)CCN(C(C)=O)C4)c1. The van der Waals surface area contributed by atoms with Gasteiger partial charge in [-0.05, 0) is 36.6 Å². The zero-order chi connectivity index (χ0) is 23.8. The van der Waals surface area contributed by atoms with Gasteiger partial charge >= 0.3 is 0 Å². The van der Waals surface area contributed by atoms with E-state index in [1.54, 1.807) is 30.4 Å². The number of hydrogen-bond acceptors (Lipinski definition) is 6. The second-order valence-corrected chi connectivity index (χ2v) is 10.4. The molecule has 0 saturated carbocycles. The minimum absolute atomic E-state index is 0.0549. The van der Waals surface area contributed by atoms with Gasteiger partial charge in [0.2, 0.25) is 5.91 Å². The Hall–Kier alpha value is -3.10. The van der Waals surface area contributed by atoms with Crippen molar-refractivity contribution in [3.63, 3.8) is 0 Å². The van der Waals surface area contributed by atoms with Gasteiger partial charge in [0, 0.05) is 30.2 Å². The third-order valence-corrected chi connectivity index (χ3v) is 8.17. The van der Waals surface area contributed by atoms with Crippen LogP contribution in [-0.2, 0) is 23.5 Å². The number of rotatable bonds is 5. The fraction of sp³-hybridized carbons (Fsp3) is 0.269. The van der Waals surface area contributed by atoms with Crippen LogP contribution in [-0.4, -0.2) is 34.0 Å². The van der Waals surface area contributed by atoms with Crippen molar-refractivity contribution in [2.75, 3.05) is 13.7 Å². The number of carbonyl (C=O) groups is 1. The van der Waals surface area contributed by atoms with Gasteiger partial charge in [0.25, 0.3) is 5.56 Å². The van der Waals surface area contributed by atoms with Crippen molar-refractivity contribution >= 4 is 39.2 Å². The van der Waals surface area contributed by atoms with Crippen LogP contribution in [0.2, 0.25) is 0 Å². The highest BCUT2D eigenvalue weighted by Crippen LogP contribution is 2.35. The van der Waals surface area contributed by atoms with E-state index in [4.69, 9.17) is 9.72 Å². The largest absolute Gasteiger partial charge is 0.497 e. The molecule has 0 N–H and O–H groups in total. The minimum Gasteiger partial charge on any atom is -0.497 e. The number of benzene rings is 2. The number of amides is 1. The summed E-state index contributed by atoms with van der Waals surface area (Å²) in [6, 6.07) is 15.9. The number of thioether (sulfide) groups is 1. The summed E-state index contributed by atoms with van der Waals surface area (Å²) in [6.07, 6.45) is 0.666. The lowest BCUT2D eigenvalue weighted by Gasteiger charge is -2.25. The lowest BCUT2D eigenvalue weighted by atomic mass is 10.1. The summed E-state index contributed by atoms with van der Waals surface area (Å²) in [5.74, 6) is 1.44. The molecule has 34 heavy (non-hydrogen) atoms. The third-order valence-electron chi connectivity index (χ3n) is 6.05. The molecule has 0 aliphatic carbocycles. The van der Waals surface area contributed by atoms with E-state index in [1.807, 2.05) is 35.2 Å². The molecule has 0 atom stereocenters. The first kappa shape index (κ1) is 22.7. The van der Waals surface area contributed by atoms with Crippen molar-refractivity contribution < 1.29 is 9.53 Å². The Morgan fingerprint density at radius 2 is 2.03 bits per heavy atom. The summed E-state index contributed by atoms with van der Waals surface area (Å²) < 4.78 is 7.12. The molecule has 0 saturated heterocycles. The molecule has 6 nitrogen and oxygen atoms in total. The lowest BCUT2D eigenvalue weighted by molar-refractivity contribution is -0.129. The summed E-state index contributed by atoms with van der Waals surface area (Å²) in [4.78, 5) is 34.5. The Bertz CT molecular complexity index is 1460. The van der Waals surface area contributed by atoms with E-state index in [1.165, 1.54) is 22.5 Å². The lowest BCUT2D eigenvalue weighted by Crippen LogP contribution is -2.34. The molecule has 1 aliphatic heterocycles. The van der Waals surface area contributed by atoms with Gasteiger partial charge in [0.05, 0.1) is 24.7 Å². The molecule has 2 aromatic carbocycles. The fourth-order valence-corrected chi connectivity index (χ4v) is 6.55. The van der Waals surface area contributed by atoms with Gasteiger partial charge in [0.15, 0.2) is 5.16 Å². The van der Waals surface area contributed by atoms with Crippen molar-refractivity contribution in [3.05, 3.63) is 80.5 Å². The van der Waals surface area contributed by atoms with Crippen LogP contribution >= 0.6 is 23.1 Å². The van der Waals surface area contributed by atoms with Gasteiger partial charge in [-0.15, -0.1) is 11.3 Å². The van der Waals surface area contributed by atoms with Crippen molar-refractivity contribution in [1.29, 1.82) is 0 Å². The third kappa shape index (κ3) is 4.23. The van der Waals surface area contributed by atoms with Crippen molar-refractivity contribution in [1.82, 2.24) is 14.5 Å². The van der Waals surface area contributed by atoms with Gasteiger partial charge in [-0.2, -0.15) is 0 Å². The first-order chi connectivity index (χ1) is 16.4. The van der Waals surface area contributed by atoms with Crippen LogP contribution in [0.15, 0.2) is 58.5 Å². The van der Waals surface area contributed by atoms with Crippen molar-refractivity contribution in [3.8, 4) is 11.4 Å². The number of aryl methyl sites for hydroxylation is 1. The van der Waals surface area contributed by atoms with Crippen molar-refractivity contribution in [2.24, 2.45) is 0 Å². The van der Waals surface area contributed by atoms with Gasteiger partial charge in [-0.25, -0.2) is 4.98 Å². The van der Waals surface area contributed by atoms with Crippen LogP contribution in [0, 0.1) is 6.92 Å². The second-order valence-electron chi connectivity index (χ2n) is 8.39. The van der Waals surface area contributed by atoms with E-state index >= 15 is 0 Å². The summed E-state index contributed by atoms with van der Waals surface area (Å²) in [7, 11) is 1.62. The van der Waals surface area contributed by atoms with Gasteiger partial charge in [0.1, 0.15) is 10.6 Å². The highest BCUT2D eigenvalue weighted by atomic mass is 32.2. The number of methoxy groups -OCH3 is 1. The predicted molar refractivity (Wildman–Crippen MR) is 137 cm³/mol. The Kier molecular flexibility index (Phi) is 6.18. The molecular weight excluding hydrogens is 466 g/mol. The van der Waals surface area contributed by atoms with E-state index in [0.717, 1.165) is 21.0 Å². The maximum absolute atomic E-state index is 14.0. The first-order valence-electron chi connectivity index (χ1n) is 11.1. The summed E-state index contributed by atoms with van der Waals surface area (Å²) in [6.45, 7) is 4.82. The summed E-state index contributed by atoms with van der Waals surface area (Å²) in [5, 5.41) is 1.32. The number of carbonyl (C=O) groups excluding carboxylic acids is 1. The van der Waals surface area contributed by atoms with E-state index in [0.29, 0.717) is 41.6 Å². The van der Waals surface area contributed by atoms with Gasteiger partial charge in [-0.1, -0.05) is 47.7 Å². The molecule has 8 heteroatoms. The first-order valence-corrected chi connectivity index (χ1v) is 12.9. The average Bonchev–Trinajstić information content (AvgIpc) is 3.20. The number of hydrogen-bond donors (Lipinski definition) is 0. The van der Waals surface area contributed by atoms with E-state index < -0.39 is 0 Å². The molecule has 1 amide bonds. The van der Waals surface area contributed by atoms with Crippen LogP contribution in [0.25, 0.3) is 15.9 Å². The molecule has 0 radical (unpaired) electrons. The molecule has 4 aromatic rings. The molecule has 2 aromatic heterocycles. The van der Waals surface area contributed by atoms with Gasteiger partial charge < -0.3 is 9.64 Å². The molecule has 174 valence electrons. The van der Waals surface area contributed by atoms with E-state index in [-0.39, 0.29) is 11.5 Å². The van der Waals surface area contributed by atoms with Crippen LogP contribution in [0.4, 0.5) is 0 Å². The molecule has 5 rings (SSSR count). The molecule has 0 spiro atoms. The highest BCUT2D eigenvalue weighted by Gasteiger charge is 2.26. The Balaban J connectivity index is 1.65. The maximum atomic E-state index is 14.0. The zero-order valence-corrected chi connectivity index (χ0v) is 21.0. The average molecular weight is 492 g/mol. The van der Waals surface area contributed by atoms with Gasteiger partial charge in [-0.3, -0.25) is 14.2 Å². The Labute approximate surface area is 206 Å². The highest BCUT2D eigenvalue weighted by molar-refractivity contribution is 7.98. The van der Waals surface area contributed by atoms with Crippen LogP contribution in [0.5, 0.6) is 5.75 Å². The standard InChI is InChI=1S/C26H25N3O3S2/c1-16-6-4-7-18(12-16)15-33-26-27-24-23(21-10-11-28(17(2)30)14-22(21)34-24)25(31)29(26)19-8-5-9-20(13-19)32-3/h4-9,12-13H,10-11,14-15H2,1-3H3. The number of thiophene rings is 1. The van der Waals surface area contributed by atoms with Crippen molar-refractivity contribution in [2.45, 2.75) is 37.7 Å². The molecular formula is C26H25N3O3S2. The van der Waals surface area contributed by atoms with E-state index in [9.17, 15) is 9.59 Å². The minimum atomic E-state index is -0.0706. The summed E-state index contributed by atoms with van der Waals surface area (Å²) in [5.41, 5.74) is 4.07. The molecule has 0 unspecified atom stereocenters. The zero-order valence-electron chi connectivity index (χ0n) is 19.3. The van der Waals surface area contributed by atoms with Crippen LogP contribution < -0.4 is 10.3 Å². The summed E-state index contributed by atoms with van der Waals surface area (Å²) >= 11 is 3.08. The molecule has 1 aliphatic rings. The topological polar surface area (TPSA) is 64.4 Å². The molecule has 0 fully saturated rings. The Morgan fingerprint density at radius 1 is 1.21 bits per heavy atom. The monoisotopic (exact) mass is 491 g/mol. The smallest absolute Gasteiger partial charge is 0.267 e. The van der Waals surface area contributed by atoms with Crippen LogP contribution in [0.1, 0.15) is 28.5 Å². The van der Waals surface area contributed by atoms with E-state index in [2.05, 4.69) is 25.1 Å². The molecule has 3 heterocycles. The normalized spacial score (nSPS) is 13.2. The number of aromatic nitrogens is 2. The number of ether oxygens (including phenoxy) is 1. The Morgan fingerprint density at radius 3 is 2.79 bits per heavy atom.